The molecule has 0 N–H and O–H groups in total. The molecule has 2 aromatic carbocycles. The number of carbonyl (C=O) groups excluding carboxylic acids is 3. The molecule has 0 bridgehead atoms. The molecule has 5 aliphatic rings. The smallest absolute Gasteiger partial charge is 0.333 e. The Hall–Kier alpha value is -3.79. The average molecular weight is 671 g/mol. The number of benzene rings is 2. The van der Waals surface area contributed by atoms with Gasteiger partial charge in [-0.05, 0) is 49.0 Å². The van der Waals surface area contributed by atoms with E-state index >= 15 is 0 Å². The highest BCUT2D eigenvalue weighted by Crippen LogP contribution is 2.69. The lowest BCUT2D eigenvalue weighted by molar-refractivity contribution is -0.268. The van der Waals surface area contributed by atoms with Gasteiger partial charge in [0.1, 0.15) is 18.3 Å². The van der Waals surface area contributed by atoms with Gasteiger partial charge in [0, 0.05) is 53.6 Å². The summed E-state index contributed by atoms with van der Waals surface area (Å²) in [4.78, 5) is 39.4. The molecule has 2 saturated carbocycles. The van der Waals surface area contributed by atoms with Crippen LogP contribution in [-0.2, 0) is 42.8 Å². The van der Waals surface area contributed by atoms with Gasteiger partial charge in [-0.1, -0.05) is 81.4 Å². The van der Waals surface area contributed by atoms with E-state index < -0.39 is 47.4 Å². The molecule has 3 heterocycles. The number of rotatable bonds is 8. The number of carbonyl (C=O) groups is 3. The third-order valence-electron chi connectivity index (χ3n) is 12.2. The topological polar surface area (TPSA) is 107 Å². The minimum atomic E-state index is -0.883. The number of hydrogen-bond donors (Lipinski definition) is 0. The normalized spacial score (nSPS) is 39.4. The standard InChI is InChI=1S/C40H46O9/c1-24-34(47-32(42)19-15-26-11-7-5-8-12-26)36-40(4)29(38(49-36)48-33(43)20-16-27-13-9-6-10-14-27)17-18-30(45-25(2)41)35(40)39(24,3)31-23-28-21-22-44-37(28)46-31/h5-16,19-20,24,28-31,34-38H,17-18,21-23H2,1-4H3/b19-15+,20-16+/t24-,28-,29+,30-,31+,34-,35-,36+,37+,38-,39-,40+/m1/s1. The Bertz CT molecular complexity index is 1580. The molecule has 260 valence electrons. The molecule has 49 heavy (non-hydrogen) atoms. The van der Waals surface area contributed by atoms with E-state index in [0.717, 1.165) is 24.0 Å². The molecule has 3 saturated heterocycles. The van der Waals surface area contributed by atoms with Gasteiger partial charge in [-0.3, -0.25) is 4.79 Å². The lowest BCUT2D eigenvalue weighted by atomic mass is 9.42. The largest absolute Gasteiger partial charge is 0.462 e. The van der Waals surface area contributed by atoms with Crippen molar-refractivity contribution in [1.82, 2.24) is 0 Å². The van der Waals surface area contributed by atoms with E-state index in [4.69, 9.17) is 28.4 Å². The third-order valence-corrected chi connectivity index (χ3v) is 12.2. The maximum atomic E-state index is 13.6. The zero-order chi connectivity index (χ0) is 34.3. The second-order valence-corrected chi connectivity index (χ2v) is 14.7. The van der Waals surface area contributed by atoms with E-state index in [1.54, 1.807) is 12.2 Å². The zero-order valence-corrected chi connectivity index (χ0v) is 28.6. The predicted molar refractivity (Wildman–Crippen MR) is 180 cm³/mol. The van der Waals surface area contributed by atoms with Crippen molar-refractivity contribution in [2.75, 3.05) is 6.61 Å². The molecule has 9 heteroatoms. The number of esters is 3. The van der Waals surface area contributed by atoms with Crippen LogP contribution in [0.25, 0.3) is 12.2 Å². The van der Waals surface area contributed by atoms with Crippen molar-refractivity contribution >= 4 is 30.1 Å². The monoisotopic (exact) mass is 670 g/mol. The highest BCUT2D eigenvalue weighted by Gasteiger charge is 2.75. The molecule has 0 radical (unpaired) electrons. The first-order chi connectivity index (χ1) is 23.6. The van der Waals surface area contributed by atoms with Crippen LogP contribution in [0.3, 0.4) is 0 Å². The Labute approximate surface area is 287 Å². The maximum absolute atomic E-state index is 13.6. The SMILES string of the molecule is CC(=O)O[C@@H]1CC[C@H]2[C@H](OC(=O)/C=C/c3ccccc3)O[C@H]3[C@H](OC(=O)/C=C/c4ccccc4)[C@@H](C)[C@](C)([C@@H]4C[C@H]5CCO[C@H]5O4)[C@@H]1[C@]23C. The summed E-state index contributed by atoms with van der Waals surface area (Å²) < 4.78 is 38.0. The number of ether oxygens (including phenoxy) is 6. The molecule has 0 amide bonds. The molecule has 5 fully saturated rings. The summed E-state index contributed by atoms with van der Waals surface area (Å²) in [6.07, 6.45) is 6.02. The summed E-state index contributed by atoms with van der Waals surface area (Å²) in [5.74, 6) is -1.86. The lowest BCUT2D eigenvalue weighted by Gasteiger charge is -2.64. The van der Waals surface area contributed by atoms with Crippen LogP contribution in [0.1, 0.15) is 64.5 Å². The van der Waals surface area contributed by atoms with Gasteiger partial charge in [0.2, 0.25) is 6.29 Å². The molecule has 2 aromatic rings. The minimum Gasteiger partial charge on any atom is -0.462 e. The van der Waals surface area contributed by atoms with Crippen LogP contribution in [0.4, 0.5) is 0 Å². The molecule has 9 nitrogen and oxygen atoms in total. The fourth-order valence-electron chi connectivity index (χ4n) is 9.83. The van der Waals surface area contributed by atoms with E-state index in [9.17, 15) is 14.4 Å². The summed E-state index contributed by atoms with van der Waals surface area (Å²) >= 11 is 0. The van der Waals surface area contributed by atoms with E-state index in [1.165, 1.54) is 19.1 Å². The molecule has 7 rings (SSSR count). The summed E-state index contributed by atoms with van der Waals surface area (Å²) in [5.41, 5.74) is 0.424. The Morgan fingerprint density at radius 3 is 2.04 bits per heavy atom. The van der Waals surface area contributed by atoms with Crippen LogP contribution in [0, 0.1) is 34.5 Å². The Morgan fingerprint density at radius 1 is 0.796 bits per heavy atom. The summed E-state index contributed by atoms with van der Waals surface area (Å²) in [6, 6.07) is 19.1. The molecule has 0 unspecified atom stereocenters. The highest BCUT2D eigenvalue weighted by molar-refractivity contribution is 5.87. The first kappa shape index (κ1) is 33.7. The van der Waals surface area contributed by atoms with Gasteiger partial charge in [-0.25, -0.2) is 9.59 Å². The van der Waals surface area contributed by atoms with Crippen LogP contribution in [0.15, 0.2) is 72.8 Å². The van der Waals surface area contributed by atoms with Crippen molar-refractivity contribution in [1.29, 1.82) is 0 Å². The van der Waals surface area contributed by atoms with Gasteiger partial charge < -0.3 is 28.4 Å². The Balaban J connectivity index is 1.25. The molecule has 3 aliphatic heterocycles. The van der Waals surface area contributed by atoms with Crippen molar-refractivity contribution in [3.8, 4) is 0 Å². The molecule has 2 aliphatic carbocycles. The highest BCUT2D eigenvalue weighted by atomic mass is 16.7. The third kappa shape index (κ3) is 6.15. The quantitative estimate of drug-likeness (QED) is 0.180. The van der Waals surface area contributed by atoms with Gasteiger partial charge in [0.15, 0.2) is 6.29 Å². The Morgan fingerprint density at radius 2 is 1.43 bits per heavy atom. The maximum Gasteiger partial charge on any atom is 0.333 e. The summed E-state index contributed by atoms with van der Waals surface area (Å²) in [7, 11) is 0. The molecule has 0 aromatic heterocycles. The van der Waals surface area contributed by atoms with Crippen molar-refractivity contribution in [3.63, 3.8) is 0 Å². The number of fused-ring (bicyclic) bond motifs is 1. The Kier molecular flexibility index (Phi) is 9.28. The first-order valence-corrected chi connectivity index (χ1v) is 17.6. The van der Waals surface area contributed by atoms with Gasteiger partial charge in [-0.2, -0.15) is 0 Å². The van der Waals surface area contributed by atoms with Gasteiger partial charge >= 0.3 is 17.9 Å². The molecule has 0 spiro atoms. The second kappa shape index (κ2) is 13.5. The van der Waals surface area contributed by atoms with Crippen molar-refractivity contribution in [2.24, 2.45) is 34.5 Å². The van der Waals surface area contributed by atoms with E-state index in [1.807, 2.05) is 60.7 Å². The van der Waals surface area contributed by atoms with Crippen LogP contribution in [0.2, 0.25) is 0 Å². The van der Waals surface area contributed by atoms with Gasteiger partial charge in [0.05, 0.1) is 12.7 Å². The average Bonchev–Trinajstić information content (AvgIpc) is 3.78. The van der Waals surface area contributed by atoms with Crippen LogP contribution >= 0.6 is 0 Å². The first-order valence-electron chi connectivity index (χ1n) is 17.6. The summed E-state index contributed by atoms with van der Waals surface area (Å²) in [6.45, 7) is 8.52. The van der Waals surface area contributed by atoms with E-state index in [2.05, 4.69) is 20.8 Å². The molecular weight excluding hydrogens is 624 g/mol. The van der Waals surface area contributed by atoms with Crippen LogP contribution in [-0.4, -0.2) is 61.5 Å². The van der Waals surface area contributed by atoms with Crippen molar-refractivity contribution < 1.29 is 42.8 Å². The predicted octanol–water partition coefficient (Wildman–Crippen LogP) is 6.36. The van der Waals surface area contributed by atoms with E-state index in [-0.39, 0.29) is 42.0 Å². The molecule has 12 atom stereocenters. The zero-order valence-electron chi connectivity index (χ0n) is 28.6. The van der Waals surface area contributed by atoms with E-state index in [0.29, 0.717) is 19.4 Å². The summed E-state index contributed by atoms with van der Waals surface area (Å²) in [5, 5.41) is 0. The fourth-order valence-corrected chi connectivity index (χ4v) is 9.83. The lowest BCUT2D eigenvalue weighted by Crippen LogP contribution is -2.70. The fraction of sp³-hybridized carbons (Fsp3) is 0.525. The van der Waals surface area contributed by atoms with Gasteiger partial charge in [-0.15, -0.1) is 0 Å². The van der Waals surface area contributed by atoms with Crippen LogP contribution in [0.5, 0.6) is 0 Å². The van der Waals surface area contributed by atoms with Crippen LogP contribution < -0.4 is 0 Å². The number of hydrogen-bond acceptors (Lipinski definition) is 9. The van der Waals surface area contributed by atoms with Crippen molar-refractivity contribution in [2.45, 2.75) is 90.4 Å². The second-order valence-electron chi connectivity index (χ2n) is 14.7. The van der Waals surface area contributed by atoms with Gasteiger partial charge in [0.25, 0.3) is 0 Å². The van der Waals surface area contributed by atoms with Crippen molar-refractivity contribution in [3.05, 3.63) is 83.9 Å². The minimum absolute atomic E-state index is 0.242. The molecular formula is C40H46O9.